The number of benzene rings is 2. The Morgan fingerprint density at radius 3 is 2.24 bits per heavy atom. The third-order valence-corrected chi connectivity index (χ3v) is 2.90. The predicted octanol–water partition coefficient (Wildman–Crippen LogP) is 3.77. The molecular formula is C16H15N. The van der Waals surface area contributed by atoms with E-state index in [1.165, 1.54) is 11.1 Å². The monoisotopic (exact) mass is 221 g/mol. The molecule has 0 N–H and O–H groups in total. The Bertz CT molecular complexity index is 559. The molecule has 84 valence electrons. The molecule has 0 aliphatic heterocycles. The van der Waals surface area contributed by atoms with Crippen molar-refractivity contribution in [1.29, 1.82) is 5.26 Å². The van der Waals surface area contributed by atoms with E-state index in [-0.39, 0.29) is 0 Å². The summed E-state index contributed by atoms with van der Waals surface area (Å²) in [5.74, 6) is 0. The van der Waals surface area contributed by atoms with Gasteiger partial charge in [0.1, 0.15) is 0 Å². The summed E-state index contributed by atoms with van der Waals surface area (Å²) in [5, 5.41) is 9.12. The minimum absolute atomic E-state index is 0.783. The van der Waals surface area contributed by atoms with Crippen LogP contribution in [0.3, 0.4) is 0 Å². The van der Waals surface area contributed by atoms with Gasteiger partial charge in [-0.25, -0.2) is 0 Å². The highest BCUT2D eigenvalue weighted by atomic mass is 14.2. The average Bonchev–Trinajstić information content (AvgIpc) is 2.34. The first-order valence-electron chi connectivity index (χ1n) is 5.74. The maximum absolute atomic E-state index is 9.12. The van der Waals surface area contributed by atoms with Crippen LogP contribution in [0.25, 0.3) is 0 Å². The van der Waals surface area contributed by atoms with E-state index in [9.17, 15) is 0 Å². The number of hydrogen-bond acceptors (Lipinski definition) is 1. The fourth-order valence-corrected chi connectivity index (χ4v) is 1.87. The zero-order valence-corrected chi connectivity index (χ0v) is 10.2. The van der Waals surface area contributed by atoms with Crippen molar-refractivity contribution in [2.75, 3.05) is 0 Å². The predicted molar refractivity (Wildman–Crippen MR) is 69.9 cm³/mol. The second-order valence-corrected chi connectivity index (χ2v) is 4.43. The van der Waals surface area contributed by atoms with Crippen LogP contribution in [0.1, 0.15) is 27.8 Å². The van der Waals surface area contributed by atoms with Crippen molar-refractivity contribution in [2.24, 2.45) is 0 Å². The molecular weight excluding hydrogens is 206 g/mol. The van der Waals surface area contributed by atoms with Gasteiger partial charge in [0.2, 0.25) is 0 Å². The Kier molecular flexibility index (Phi) is 3.25. The van der Waals surface area contributed by atoms with Crippen LogP contribution in [0.4, 0.5) is 0 Å². The van der Waals surface area contributed by atoms with Crippen LogP contribution >= 0.6 is 0 Å². The molecule has 0 saturated carbocycles. The number of nitrogens with zero attached hydrogens (tertiary/aromatic N) is 1. The first kappa shape index (κ1) is 11.4. The van der Waals surface area contributed by atoms with E-state index in [1.54, 1.807) is 0 Å². The third kappa shape index (κ3) is 2.73. The second-order valence-electron chi connectivity index (χ2n) is 4.43. The summed E-state index contributed by atoms with van der Waals surface area (Å²) >= 11 is 0. The van der Waals surface area contributed by atoms with Gasteiger partial charge in [0.05, 0.1) is 11.6 Å². The Balaban J connectivity index is 2.30. The van der Waals surface area contributed by atoms with Gasteiger partial charge in [-0.15, -0.1) is 0 Å². The van der Waals surface area contributed by atoms with E-state index in [2.05, 4.69) is 43.3 Å². The van der Waals surface area contributed by atoms with Gasteiger partial charge in [-0.3, -0.25) is 0 Å². The summed E-state index contributed by atoms with van der Waals surface area (Å²) in [7, 11) is 0. The lowest BCUT2D eigenvalue weighted by molar-refractivity contribution is 1.16. The van der Waals surface area contributed by atoms with E-state index in [1.807, 2.05) is 19.1 Å². The van der Waals surface area contributed by atoms with Gasteiger partial charge in [0, 0.05) is 0 Å². The largest absolute Gasteiger partial charge is 0.192 e. The van der Waals surface area contributed by atoms with Crippen LogP contribution in [0, 0.1) is 25.2 Å². The molecule has 0 atom stereocenters. The molecule has 0 spiro atoms. The number of hydrogen-bond donors (Lipinski definition) is 0. The van der Waals surface area contributed by atoms with Crippen LogP contribution in [0.5, 0.6) is 0 Å². The topological polar surface area (TPSA) is 23.8 Å². The molecule has 0 radical (unpaired) electrons. The summed E-state index contributed by atoms with van der Waals surface area (Å²) in [6, 6.07) is 16.8. The molecule has 2 rings (SSSR count). The molecule has 2 aromatic carbocycles. The lowest BCUT2D eigenvalue weighted by Gasteiger charge is -2.05. The molecule has 0 aromatic heterocycles. The van der Waals surface area contributed by atoms with Crippen molar-refractivity contribution >= 4 is 0 Å². The molecule has 17 heavy (non-hydrogen) atoms. The van der Waals surface area contributed by atoms with E-state index in [0.29, 0.717) is 0 Å². The van der Waals surface area contributed by atoms with Crippen LogP contribution in [0.2, 0.25) is 0 Å². The van der Waals surface area contributed by atoms with Gasteiger partial charge in [0.15, 0.2) is 0 Å². The Morgan fingerprint density at radius 2 is 1.59 bits per heavy atom. The Hall–Kier alpha value is -2.07. The lowest BCUT2D eigenvalue weighted by Crippen LogP contribution is -1.93. The average molecular weight is 221 g/mol. The number of aryl methyl sites for hydroxylation is 2. The molecule has 1 nitrogen and oxygen atoms in total. The van der Waals surface area contributed by atoms with Gasteiger partial charge in [-0.1, -0.05) is 42.0 Å². The zero-order chi connectivity index (χ0) is 12.3. The first-order valence-corrected chi connectivity index (χ1v) is 5.74. The van der Waals surface area contributed by atoms with Gasteiger partial charge < -0.3 is 0 Å². The molecule has 0 unspecified atom stereocenters. The summed E-state index contributed by atoms with van der Waals surface area (Å²) in [6.45, 7) is 4.09. The third-order valence-electron chi connectivity index (χ3n) is 2.90. The molecule has 1 heteroatoms. The minimum Gasteiger partial charge on any atom is -0.192 e. The van der Waals surface area contributed by atoms with Crippen LogP contribution < -0.4 is 0 Å². The number of nitriles is 1. The maximum atomic E-state index is 9.12. The summed E-state index contributed by atoms with van der Waals surface area (Å²) in [5.41, 5.74) is 5.52. The highest BCUT2D eigenvalue weighted by molar-refractivity contribution is 5.43. The van der Waals surface area contributed by atoms with Gasteiger partial charge in [0.25, 0.3) is 0 Å². The van der Waals surface area contributed by atoms with Crippen molar-refractivity contribution in [3.63, 3.8) is 0 Å². The smallest absolute Gasteiger partial charge is 0.0994 e. The fraction of sp³-hybridized carbons (Fsp3) is 0.188. The van der Waals surface area contributed by atoms with E-state index >= 15 is 0 Å². The maximum Gasteiger partial charge on any atom is 0.0994 e. The second kappa shape index (κ2) is 4.84. The van der Waals surface area contributed by atoms with Gasteiger partial charge in [-0.05, 0) is 43.0 Å². The van der Waals surface area contributed by atoms with Crippen molar-refractivity contribution in [2.45, 2.75) is 20.3 Å². The quantitative estimate of drug-likeness (QED) is 0.757. The number of rotatable bonds is 2. The molecule has 0 aliphatic carbocycles. The lowest BCUT2D eigenvalue weighted by atomic mass is 9.98. The highest BCUT2D eigenvalue weighted by Crippen LogP contribution is 2.16. The van der Waals surface area contributed by atoms with Crippen LogP contribution in [-0.4, -0.2) is 0 Å². The SMILES string of the molecule is Cc1ccc(Cc2ccc(C)cc2C#N)cc1. The summed E-state index contributed by atoms with van der Waals surface area (Å²) in [4.78, 5) is 0. The van der Waals surface area contributed by atoms with Crippen molar-refractivity contribution < 1.29 is 0 Å². The molecule has 0 heterocycles. The zero-order valence-electron chi connectivity index (χ0n) is 10.2. The molecule has 0 saturated heterocycles. The normalized spacial score (nSPS) is 9.94. The standard InChI is InChI=1S/C16H15N/c1-12-3-6-14(7-4-12)10-15-8-5-13(2)9-16(15)11-17/h3-9H,10H2,1-2H3. The van der Waals surface area contributed by atoms with Crippen LogP contribution in [0.15, 0.2) is 42.5 Å². The van der Waals surface area contributed by atoms with Crippen molar-refractivity contribution in [3.05, 3.63) is 70.3 Å². The first-order chi connectivity index (χ1) is 8.19. The van der Waals surface area contributed by atoms with E-state index < -0.39 is 0 Å². The summed E-state index contributed by atoms with van der Waals surface area (Å²) in [6.07, 6.45) is 0.823. The fourth-order valence-electron chi connectivity index (χ4n) is 1.87. The molecule has 2 aromatic rings. The van der Waals surface area contributed by atoms with Gasteiger partial charge in [-0.2, -0.15) is 5.26 Å². The van der Waals surface area contributed by atoms with Crippen LogP contribution in [-0.2, 0) is 6.42 Å². The Labute approximate surface area is 102 Å². The Morgan fingerprint density at radius 1 is 0.941 bits per heavy atom. The summed E-state index contributed by atoms with van der Waals surface area (Å²) < 4.78 is 0. The molecule has 0 fully saturated rings. The van der Waals surface area contributed by atoms with Crippen molar-refractivity contribution in [1.82, 2.24) is 0 Å². The molecule has 0 bridgehead atoms. The molecule has 0 amide bonds. The van der Waals surface area contributed by atoms with Crippen molar-refractivity contribution in [3.8, 4) is 6.07 Å². The highest BCUT2D eigenvalue weighted by Gasteiger charge is 2.03. The van der Waals surface area contributed by atoms with E-state index in [0.717, 1.165) is 23.1 Å². The minimum atomic E-state index is 0.783. The van der Waals surface area contributed by atoms with Gasteiger partial charge >= 0.3 is 0 Å². The molecule has 0 aliphatic rings. The van der Waals surface area contributed by atoms with E-state index in [4.69, 9.17) is 5.26 Å².